The first-order chi connectivity index (χ1) is 18.4. The average molecular weight is 540 g/mol. The number of nitrogens with one attached hydrogen (secondary N) is 2. The van der Waals surface area contributed by atoms with Gasteiger partial charge in [-0.05, 0) is 101 Å². The Hall–Kier alpha value is -2.45. The van der Waals surface area contributed by atoms with Crippen LogP contribution in [0.15, 0.2) is 36.5 Å². The van der Waals surface area contributed by atoms with Crippen molar-refractivity contribution in [2.45, 2.75) is 78.6 Å². The first-order valence-corrected chi connectivity index (χ1v) is 14.3. The lowest BCUT2D eigenvalue weighted by Crippen LogP contribution is -2.57. The number of rotatable bonds is 6. The van der Waals surface area contributed by atoms with E-state index in [4.69, 9.17) is 0 Å². The van der Waals surface area contributed by atoms with Crippen molar-refractivity contribution in [2.75, 3.05) is 13.2 Å². The highest BCUT2D eigenvalue weighted by molar-refractivity contribution is 5.45. The Morgan fingerprint density at radius 2 is 1.95 bits per heavy atom. The van der Waals surface area contributed by atoms with E-state index < -0.39 is 6.29 Å². The van der Waals surface area contributed by atoms with Gasteiger partial charge in [-0.2, -0.15) is 5.10 Å². The molecule has 0 radical (unpaired) electrons. The number of aliphatic hydroxyl groups excluding tert-OH is 1. The highest BCUT2D eigenvalue weighted by atomic mass is 19.3. The van der Waals surface area contributed by atoms with Gasteiger partial charge in [0, 0.05) is 25.4 Å². The minimum atomic E-state index is -3.61. The van der Waals surface area contributed by atoms with Crippen LogP contribution in [0.5, 0.6) is 11.5 Å². The number of aliphatic hydroxyl groups is 1. The third-order valence-corrected chi connectivity index (χ3v) is 12.7. The van der Waals surface area contributed by atoms with Gasteiger partial charge in [0.05, 0.1) is 6.20 Å². The van der Waals surface area contributed by atoms with Gasteiger partial charge < -0.3 is 19.9 Å². The summed E-state index contributed by atoms with van der Waals surface area (Å²) in [5, 5.41) is 22.0. The lowest BCUT2D eigenvalue weighted by Gasteiger charge is -2.60. The van der Waals surface area contributed by atoms with Crippen LogP contribution in [0, 0.1) is 33.0 Å². The number of hydrogen-bond acceptors (Lipinski definition) is 5. The molecule has 4 aliphatic carbocycles. The highest BCUT2D eigenvalue weighted by Crippen LogP contribution is 2.89. The van der Waals surface area contributed by atoms with E-state index in [1.165, 1.54) is 16.8 Å². The molecule has 1 aliphatic heterocycles. The van der Waals surface area contributed by atoms with E-state index in [0.29, 0.717) is 6.54 Å². The van der Waals surface area contributed by atoms with Gasteiger partial charge in [0.15, 0.2) is 11.5 Å². The van der Waals surface area contributed by atoms with E-state index in [-0.39, 0.29) is 51.1 Å². The van der Waals surface area contributed by atoms with Crippen molar-refractivity contribution in [3.05, 3.63) is 53.4 Å². The predicted molar refractivity (Wildman–Crippen MR) is 142 cm³/mol. The van der Waals surface area contributed by atoms with Crippen molar-refractivity contribution in [1.29, 1.82) is 0 Å². The number of halogens is 2. The Labute approximate surface area is 228 Å². The number of aromatic nitrogens is 2. The molecule has 0 bridgehead atoms. The topological polar surface area (TPSA) is 79.4 Å². The van der Waals surface area contributed by atoms with E-state index in [1.807, 2.05) is 12.3 Å². The number of benzene rings is 1. The Morgan fingerprint density at radius 1 is 1.15 bits per heavy atom. The van der Waals surface area contributed by atoms with Gasteiger partial charge >= 0.3 is 6.29 Å². The molecule has 7 rings (SSSR count). The minimum absolute atomic E-state index is 0.0409. The van der Waals surface area contributed by atoms with Crippen LogP contribution in [0.4, 0.5) is 8.78 Å². The van der Waals surface area contributed by atoms with Crippen molar-refractivity contribution in [1.82, 2.24) is 15.5 Å². The van der Waals surface area contributed by atoms with E-state index >= 15 is 0 Å². The Kier molecular flexibility index (Phi) is 5.13. The van der Waals surface area contributed by atoms with Gasteiger partial charge in [0.2, 0.25) is 0 Å². The normalized spacial score (nSPS) is 41.2. The molecule has 8 heteroatoms. The summed E-state index contributed by atoms with van der Waals surface area (Å²) < 4.78 is 36.4. The summed E-state index contributed by atoms with van der Waals surface area (Å²) in [6, 6.07) is 5.03. The quantitative estimate of drug-likeness (QED) is 0.407. The first-order valence-electron chi connectivity index (χ1n) is 14.3. The molecule has 2 heterocycles. The molecule has 0 spiro atoms. The zero-order chi connectivity index (χ0) is 27.5. The number of ether oxygens (including phenoxy) is 2. The van der Waals surface area contributed by atoms with Crippen molar-refractivity contribution in [3.63, 3.8) is 0 Å². The zero-order valence-electron chi connectivity index (χ0n) is 23.1. The van der Waals surface area contributed by atoms with Crippen LogP contribution < -0.4 is 14.8 Å². The van der Waals surface area contributed by atoms with Gasteiger partial charge in [0.1, 0.15) is 0 Å². The second-order valence-corrected chi connectivity index (χ2v) is 13.7. The summed E-state index contributed by atoms with van der Waals surface area (Å²) in [7, 11) is 0. The summed E-state index contributed by atoms with van der Waals surface area (Å²) in [5.41, 5.74) is 4.96. The fraction of sp³-hybridized carbons (Fsp3) is 0.645. The number of allylic oxidation sites excluding steroid dienone is 1. The van der Waals surface area contributed by atoms with Crippen molar-refractivity contribution in [3.8, 4) is 11.5 Å². The van der Waals surface area contributed by atoms with Gasteiger partial charge in [-0.1, -0.05) is 39.0 Å². The predicted octanol–water partition coefficient (Wildman–Crippen LogP) is 5.77. The summed E-state index contributed by atoms with van der Waals surface area (Å²) in [4.78, 5) is 0. The molecule has 0 amide bonds. The molecule has 3 fully saturated rings. The zero-order valence-corrected chi connectivity index (χ0v) is 23.1. The Morgan fingerprint density at radius 3 is 2.74 bits per heavy atom. The number of nitrogens with zero attached hydrogens (tertiary/aromatic N) is 1. The number of fused-ring (bicyclic) bond motifs is 5. The number of alkyl halides is 2. The number of aromatic amines is 1. The van der Waals surface area contributed by atoms with Crippen LogP contribution in [-0.4, -0.2) is 34.8 Å². The summed E-state index contributed by atoms with van der Waals surface area (Å²) in [6.45, 7) is 13.5. The van der Waals surface area contributed by atoms with Crippen molar-refractivity contribution in [2.24, 2.45) is 33.0 Å². The van der Waals surface area contributed by atoms with Crippen molar-refractivity contribution >= 4 is 0 Å². The van der Waals surface area contributed by atoms with E-state index in [0.717, 1.165) is 57.1 Å². The van der Waals surface area contributed by atoms with Gasteiger partial charge in [-0.3, -0.25) is 5.10 Å². The molecule has 39 heavy (non-hydrogen) atoms. The van der Waals surface area contributed by atoms with Crippen LogP contribution in [0.2, 0.25) is 0 Å². The van der Waals surface area contributed by atoms with E-state index in [1.54, 1.807) is 12.1 Å². The summed E-state index contributed by atoms with van der Waals surface area (Å²) in [6.07, 6.45) is 5.70. The molecule has 3 saturated carbocycles. The first kappa shape index (κ1) is 25.5. The Balaban J connectivity index is 1.22. The van der Waals surface area contributed by atoms with Crippen LogP contribution in [-0.2, 0) is 19.4 Å². The lowest BCUT2D eigenvalue weighted by atomic mass is 9.44. The van der Waals surface area contributed by atoms with E-state index in [9.17, 15) is 13.9 Å². The lowest BCUT2D eigenvalue weighted by molar-refractivity contribution is -0.286. The summed E-state index contributed by atoms with van der Waals surface area (Å²) in [5.74, 6) is 0.321. The largest absolute Gasteiger partial charge is 0.586 e. The molecule has 6 nitrogen and oxygen atoms in total. The van der Waals surface area contributed by atoms with Crippen LogP contribution in [0.1, 0.15) is 69.7 Å². The molecule has 2 aromatic rings. The fourth-order valence-corrected chi connectivity index (χ4v) is 10.0. The molecular formula is C31H39F2N3O3. The second kappa shape index (κ2) is 7.84. The smallest absolute Gasteiger partial charge is 0.396 e. The molecule has 210 valence electrons. The molecular weight excluding hydrogens is 500 g/mol. The fourth-order valence-electron chi connectivity index (χ4n) is 10.0. The molecule has 1 aromatic carbocycles. The molecule has 0 unspecified atom stereocenters. The molecule has 0 saturated heterocycles. The average Bonchev–Trinajstić information content (AvgIpc) is 3.07. The van der Waals surface area contributed by atoms with Gasteiger partial charge in [-0.15, -0.1) is 8.78 Å². The van der Waals surface area contributed by atoms with Gasteiger partial charge in [-0.25, -0.2) is 0 Å². The van der Waals surface area contributed by atoms with Crippen LogP contribution >= 0.6 is 0 Å². The maximum absolute atomic E-state index is 13.6. The third-order valence-electron chi connectivity index (χ3n) is 12.7. The molecule has 6 atom stereocenters. The standard InChI is InChI=1S/C31H39F2N3O3/c1-19-7-8-28(4)26(19,2)9-10-29(27(3)13-21-15-35-36-23(21)12-22(27)16-37)17-30(28,29)18-34-14-20-5-6-24-25(11-20)39-31(32,33)38-24/h5-6,11,15,22,34,37H,1,7-10,12-14,16-18H2,2-4H3,(H,35,36)/t22-,26-,27+,28-,29+,30+/m1/s1. The maximum Gasteiger partial charge on any atom is 0.586 e. The summed E-state index contributed by atoms with van der Waals surface area (Å²) >= 11 is 0. The third kappa shape index (κ3) is 3.10. The molecule has 1 aromatic heterocycles. The van der Waals surface area contributed by atoms with Crippen LogP contribution in [0.3, 0.4) is 0 Å². The molecule has 5 aliphatic rings. The van der Waals surface area contributed by atoms with Crippen LogP contribution in [0.25, 0.3) is 0 Å². The monoisotopic (exact) mass is 539 g/mol. The number of hydrogen-bond donors (Lipinski definition) is 3. The minimum Gasteiger partial charge on any atom is -0.396 e. The van der Waals surface area contributed by atoms with Crippen molar-refractivity contribution < 1.29 is 23.4 Å². The second-order valence-electron chi connectivity index (χ2n) is 13.7. The Bertz CT molecular complexity index is 1360. The van der Waals surface area contributed by atoms with E-state index in [2.05, 4.69) is 52.3 Å². The molecule has 3 N–H and O–H groups in total. The maximum atomic E-state index is 13.6. The number of H-pyrrole nitrogens is 1. The van der Waals surface area contributed by atoms with Gasteiger partial charge in [0.25, 0.3) is 0 Å². The highest BCUT2D eigenvalue weighted by Gasteiger charge is 2.84. The SMILES string of the molecule is C=C1CC[C@@]2(C)[C@@]3(CNCc4ccc5c(c4)OC(F)(F)O5)C[C@]3([C@@]3(C)Cc4cn[nH]c4C[C@@H]3CO)CC[C@]12C.